The van der Waals surface area contributed by atoms with Crippen molar-refractivity contribution in [2.45, 2.75) is 18.2 Å². The Bertz CT molecular complexity index is 925. The number of aromatic nitrogens is 1. The lowest BCUT2D eigenvalue weighted by Gasteiger charge is -2.12. The van der Waals surface area contributed by atoms with E-state index in [-0.39, 0.29) is 16.7 Å². The first-order chi connectivity index (χ1) is 12.4. The fourth-order valence-corrected chi connectivity index (χ4v) is 2.63. The second kappa shape index (κ2) is 8.44. The number of carbonyl (C=O) groups is 1. The minimum atomic E-state index is -3.16. The zero-order chi connectivity index (χ0) is 19.3. The van der Waals surface area contributed by atoms with Crippen LogP contribution in [0.3, 0.4) is 0 Å². The highest BCUT2D eigenvalue weighted by molar-refractivity contribution is 7.98. The van der Waals surface area contributed by atoms with Crippen LogP contribution in [0.25, 0.3) is 0 Å². The van der Waals surface area contributed by atoms with E-state index in [4.69, 9.17) is 5.26 Å². The summed E-state index contributed by atoms with van der Waals surface area (Å²) in [5.41, 5.74) is -1.29. The summed E-state index contributed by atoms with van der Waals surface area (Å²) in [7, 11) is 0. The van der Waals surface area contributed by atoms with Crippen molar-refractivity contribution in [2.24, 2.45) is 0 Å². The van der Waals surface area contributed by atoms with Gasteiger partial charge in [-0.2, -0.15) is 14.0 Å². The van der Waals surface area contributed by atoms with Crippen molar-refractivity contribution in [1.29, 1.82) is 5.26 Å². The van der Waals surface area contributed by atoms with Gasteiger partial charge in [-0.25, -0.2) is 4.39 Å². The largest absolute Gasteiger partial charge is 0.434 e. The van der Waals surface area contributed by atoms with E-state index < -0.39 is 36.2 Å². The van der Waals surface area contributed by atoms with Gasteiger partial charge in [-0.1, -0.05) is 6.07 Å². The highest BCUT2D eigenvalue weighted by Gasteiger charge is 2.18. The molecule has 0 aliphatic heterocycles. The van der Waals surface area contributed by atoms with Crippen molar-refractivity contribution >= 4 is 17.7 Å². The second-order valence-corrected chi connectivity index (χ2v) is 5.67. The number of hydrogen-bond donors (Lipinski definition) is 2. The van der Waals surface area contributed by atoms with Crippen molar-refractivity contribution in [3.05, 3.63) is 57.1 Å². The van der Waals surface area contributed by atoms with E-state index in [0.29, 0.717) is 5.03 Å². The number of nitriles is 1. The maximum Gasteiger partial charge on any atom is 0.387 e. The number of benzene rings is 1. The molecule has 26 heavy (non-hydrogen) atoms. The molecule has 1 aromatic heterocycles. The van der Waals surface area contributed by atoms with Gasteiger partial charge >= 0.3 is 6.61 Å². The normalized spacial score (nSPS) is 10.5. The molecule has 2 aromatic rings. The smallest absolute Gasteiger partial charge is 0.387 e. The highest BCUT2D eigenvalue weighted by atomic mass is 32.2. The second-order valence-electron chi connectivity index (χ2n) is 4.85. The van der Waals surface area contributed by atoms with Crippen LogP contribution in [0.2, 0.25) is 0 Å². The molecule has 1 heterocycles. The maximum atomic E-state index is 13.9. The minimum Gasteiger partial charge on any atom is -0.434 e. The van der Waals surface area contributed by atoms with Gasteiger partial charge in [-0.05, 0) is 24.5 Å². The van der Waals surface area contributed by atoms with Crippen molar-refractivity contribution in [1.82, 2.24) is 10.3 Å². The van der Waals surface area contributed by atoms with Gasteiger partial charge in [-0.3, -0.25) is 9.59 Å². The average Bonchev–Trinajstić information content (AvgIpc) is 2.60. The minimum absolute atomic E-state index is 0.0925. The molecule has 2 N–H and O–H groups in total. The van der Waals surface area contributed by atoms with Gasteiger partial charge in [0.05, 0.1) is 10.6 Å². The van der Waals surface area contributed by atoms with Crippen molar-refractivity contribution in [3.63, 3.8) is 0 Å². The molecule has 0 radical (unpaired) electrons. The molecule has 0 aliphatic rings. The molecule has 0 bridgehead atoms. The van der Waals surface area contributed by atoms with Crippen LogP contribution in [0, 0.1) is 17.1 Å². The number of carbonyl (C=O) groups excluding carboxylic acids is 1. The topological polar surface area (TPSA) is 95.0 Å². The number of ether oxygens (including phenoxy) is 1. The van der Waals surface area contributed by atoms with Crippen LogP contribution >= 0.6 is 11.8 Å². The lowest BCUT2D eigenvalue weighted by atomic mass is 10.1. The molecule has 0 atom stereocenters. The fraction of sp³-hybridized carbons (Fsp3) is 0.188. The van der Waals surface area contributed by atoms with Crippen LogP contribution in [-0.4, -0.2) is 23.8 Å². The molecule has 0 saturated heterocycles. The summed E-state index contributed by atoms with van der Waals surface area (Å²) in [6.07, 6.45) is 1.65. The third kappa shape index (κ3) is 4.37. The number of rotatable bonds is 6. The fourth-order valence-electron chi connectivity index (χ4n) is 2.11. The van der Waals surface area contributed by atoms with Gasteiger partial charge in [0.15, 0.2) is 0 Å². The summed E-state index contributed by atoms with van der Waals surface area (Å²) in [6.45, 7) is -3.65. The molecule has 6 nitrogen and oxygen atoms in total. The van der Waals surface area contributed by atoms with Crippen molar-refractivity contribution < 1.29 is 22.7 Å². The first kappa shape index (κ1) is 19.4. The summed E-state index contributed by atoms with van der Waals surface area (Å²) in [5, 5.41) is 11.6. The Morgan fingerprint density at radius 3 is 2.81 bits per heavy atom. The number of pyridine rings is 1. The van der Waals surface area contributed by atoms with E-state index in [1.54, 1.807) is 6.26 Å². The van der Waals surface area contributed by atoms with Crippen molar-refractivity contribution in [3.8, 4) is 11.8 Å². The number of hydrogen-bond acceptors (Lipinski definition) is 5. The molecule has 136 valence electrons. The third-order valence-corrected chi connectivity index (χ3v) is 4.02. The molecule has 1 aromatic carbocycles. The average molecular weight is 383 g/mol. The van der Waals surface area contributed by atoms with E-state index in [9.17, 15) is 22.8 Å². The van der Waals surface area contributed by atoms with Gasteiger partial charge in [0.1, 0.15) is 23.2 Å². The predicted molar refractivity (Wildman–Crippen MR) is 87.8 cm³/mol. The van der Waals surface area contributed by atoms with Gasteiger partial charge in [0.2, 0.25) is 0 Å². The number of aromatic amines is 1. The molecular formula is C16H12F3N3O3S. The molecule has 0 spiro atoms. The van der Waals surface area contributed by atoms with E-state index in [1.165, 1.54) is 6.07 Å². The van der Waals surface area contributed by atoms with Crippen LogP contribution in [-0.2, 0) is 6.54 Å². The van der Waals surface area contributed by atoms with Crippen LogP contribution in [0.5, 0.6) is 5.75 Å². The van der Waals surface area contributed by atoms with Gasteiger partial charge in [-0.15, -0.1) is 11.8 Å². The van der Waals surface area contributed by atoms with Crippen LogP contribution < -0.4 is 15.6 Å². The molecule has 1 amide bonds. The van der Waals surface area contributed by atoms with Gasteiger partial charge in [0, 0.05) is 12.1 Å². The van der Waals surface area contributed by atoms with Crippen LogP contribution in [0.1, 0.15) is 21.5 Å². The lowest BCUT2D eigenvalue weighted by molar-refractivity contribution is -0.0506. The molecular weight excluding hydrogens is 371 g/mol. The Labute approximate surface area is 150 Å². The maximum absolute atomic E-state index is 13.9. The third-order valence-electron chi connectivity index (χ3n) is 3.29. The standard InChI is InChI=1S/C16H12F3N3O3S/c1-26-15-8(6-20)5-9(14(24)22-15)13(23)21-7-10-11(17)3-2-4-12(10)25-16(18)19/h2-5,16H,7H2,1H3,(H,21,23)(H,22,24). The highest BCUT2D eigenvalue weighted by Crippen LogP contribution is 2.23. The molecule has 0 unspecified atom stereocenters. The number of alkyl halides is 2. The van der Waals surface area contributed by atoms with Crippen LogP contribution in [0.4, 0.5) is 13.2 Å². The number of thioether (sulfide) groups is 1. The Morgan fingerprint density at radius 1 is 1.46 bits per heavy atom. The van der Waals surface area contributed by atoms with E-state index >= 15 is 0 Å². The van der Waals surface area contributed by atoms with Gasteiger partial charge < -0.3 is 15.0 Å². The number of halogens is 3. The Kier molecular flexibility index (Phi) is 6.30. The molecule has 10 heteroatoms. The summed E-state index contributed by atoms with van der Waals surface area (Å²) in [5.74, 6) is -2.17. The summed E-state index contributed by atoms with van der Waals surface area (Å²) in [4.78, 5) is 26.6. The molecule has 0 saturated carbocycles. The van der Waals surface area contributed by atoms with Crippen molar-refractivity contribution in [2.75, 3.05) is 6.26 Å². The van der Waals surface area contributed by atoms with E-state index in [1.807, 2.05) is 6.07 Å². The predicted octanol–water partition coefficient (Wildman–Crippen LogP) is 2.64. The SMILES string of the molecule is CSc1[nH]c(=O)c(C(=O)NCc2c(F)cccc2OC(F)F)cc1C#N. The number of H-pyrrole nitrogens is 1. The molecule has 2 rings (SSSR count). The zero-order valence-electron chi connectivity index (χ0n) is 13.3. The number of amides is 1. The Balaban J connectivity index is 2.25. The lowest BCUT2D eigenvalue weighted by Crippen LogP contribution is -2.30. The van der Waals surface area contributed by atoms with E-state index in [2.05, 4.69) is 15.0 Å². The Hall–Kier alpha value is -2.93. The number of nitrogens with one attached hydrogen (secondary N) is 2. The van der Waals surface area contributed by atoms with Gasteiger partial charge in [0.25, 0.3) is 11.5 Å². The Morgan fingerprint density at radius 2 is 2.19 bits per heavy atom. The zero-order valence-corrected chi connectivity index (χ0v) is 14.1. The van der Waals surface area contributed by atoms with Crippen LogP contribution in [0.15, 0.2) is 34.1 Å². The summed E-state index contributed by atoms with van der Waals surface area (Å²) in [6, 6.07) is 6.29. The summed E-state index contributed by atoms with van der Waals surface area (Å²) < 4.78 is 42.9. The summed E-state index contributed by atoms with van der Waals surface area (Å²) >= 11 is 1.13. The molecule has 0 aliphatic carbocycles. The quantitative estimate of drug-likeness (QED) is 0.748. The first-order valence-corrected chi connectivity index (χ1v) is 8.31. The first-order valence-electron chi connectivity index (χ1n) is 7.09. The van der Waals surface area contributed by atoms with E-state index in [0.717, 1.165) is 30.0 Å². The molecule has 0 fully saturated rings. The number of nitrogens with zero attached hydrogens (tertiary/aromatic N) is 1. The monoisotopic (exact) mass is 383 g/mol.